The Morgan fingerprint density at radius 2 is 1.87 bits per heavy atom. The number of thiazole rings is 1. The molecule has 2 aliphatic heterocycles. The number of fused-ring (bicyclic) bond motifs is 2. The molecule has 1 N–H and O–H groups in total. The second-order valence-corrected chi connectivity index (χ2v) is 9.86. The zero-order valence-electron chi connectivity index (χ0n) is 19.9. The van der Waals surface area contributed by atoms with Crippen molar-refractivity contribution >= 4 is 49.8 Å². The lowest BCUT2D eigenvalue weighted by molar-refractivity contribution is -0.384. The van der Waals surface area contributed by atoms with Crippen LogP contribution in [0.3, 0.4) is 0 Å². The largest absolute Gasteiger partial charge is 0.507 e. The van der Waals surface area contributed by atoms with Crippen LogP contribution in [-0.2, 0) is 9.59 Å². The van der Waals surface area contributed by atoms with Gasteiger partial charge in [-0.2, -0.15) is 0 Å². The Balaban J connectivity index is 1.56. The van der Waals surface area contributed by atoms with Crippen LogP contribution in [0.1, 0.15) is 22.7 Å². The van der Waals surface area contributed by atoms with Crippen molar-refractivity contribution in [3.05, 3.63) is 93.0 Å². The van der Waals surface area contributed by atoms with Crippen LogP contribution in [0.15, 0.2) is 66.2 Å². The fourth-order valence-electron chi connectivity index (χ4n) is 4.62. The molecule has 2 aliphatic rings. The van der Waals surface area contributed by atoms with E-state index < -0.39 is 28.4 Å². The quantitative estimate of drug-likeness (QED) is 0.130. The fraction of sp³-hybridized carbons (Fsp3) is 0.148. The molecule has 0 radical (unpaired) electrons. The number of hydrogen-bond acceptors (Lipinski definition) is 9. The number of ketones is 1. The van der Waals surface area contributed by atoms with Crippen molar-refractivity contribution in [2.75, 3.05) is 18.1 Å². The molecule has 6 rings (SSSR count). The Labute approximate surface area is 219 Å². The smallest absolute Gasteiger partial charge is 0.301 e. The number of rotatable bonds is 4. The summed E-state index contributed by atoms with van der Waals surface area (Å²) in [6.45, 7) is 2.64. The van der Waals surface area contributed by atoms with Crippen molar-refractivity contribution in [2.45, 2.75) is 13.0 Å². The molecule has 1 atom stereocenters. The second-order valence-electron chi connectivity index (χ2n) is 8.85. The molecule has 0 bridgehead atoms. The van der Waals surface area contributed by atoms with Crippen molar-refractivity contribution < 1.29 is 29.1 Å². The summed E-state index contributed by atoms with van der Waals surface area (Å²) >= 11 is 1.22. The van der Waals surface area contributed by atoms with Gasteiger partial charge in [-0.25, -0.2) is 4.98 Å². The number of ether oxygens (including phenoxy) is 2. The Morgan fingerprint density at radius 3 is 2.66 bits per heavy atom. The number of nitro groups is 1. The van der Waals surface area contributed by atoms with E-state index in [-0.39, 0.29) is 27.5 Å². The number of Topliss-reactive ketones (excluding diaryl/α,β-unsaturated/α-hetero) is 1. The van der Waals surface area contributed by atoms with Gasteiger partial charge in [-0.05, 0) is 48.4 Å². The van der Waals surface area contributed by atoms with Crippen LogP contribution < -0.4 is 14.4 Å². The van der Waals surface area contributed by atoms with Crippen LogP contribution in [0.4, 0.5) is 10.8 Å². The molecule has 3 aromatic carbocycles. The lowest BCUT2D eigenvalue weighted by Crippen LogP contribution is -2.29. The summed E-state index contributed by atoms with van der Waals surface area (Å²) in [6.07, 6.45) is 0. The molecule has 0 aliphatic carbocycles. The maximum atomic E-state index is 13.5. The van der Waals surface area contributed by atoms with Crippen LogP contribution in [-0.4, -0.2) is 39.9 Å². The van der Waals surface area contributed by atoms with Gasteiger partial charge in [0.2, 0.25) is 0 Å². The molecular formula is C27H19N3O7S. The first-order chi connectivity index (χ1) is 18.3. The summed E-state index contributed by atoms with van der Waals surface area (Å²) in [5.74, 6) is -1.37. The molecule has 0 unspecified atom stereocenters. The van der Waals surface area contributed by atoms with Crippen LogP contribution in [0.2, 0.25) is 0 Å². The summed E-state index contributed by atoms with van der Waals surface area (Å²) in [5, 5.41) is 23.2. The summed E-state index contributed by atoms with van der Waals surface area (Å²) in [5.41, 5.74) is 1.75. The van der Waals surface area contributed by atoms with Crippen molar-refractivity contribution in [3.63, 3.8) is 0 Å². The first-order valence-corrected chi connectivity index (χ1v) is 12.5. The first-order valence-electron chi connectivity index (χ1n) is 11.6. The number of non-ortho nitro benzene ring substituents is 1. The maximum Gasteiger partial charge on any atom is 0.301 e. The summed E-state index contributed by atoms with van der Waals surface area (Å²) in [6, 6.07) is 14.8. The minimum Gasteiger partial charge on any atom is -0.507 e. The summed E-state index contributed by atoms with van der Waals surface area (Å²) in [7, 11) is 0. The van der Waals surface area contributed by atoms with Crippen LogP contribution in [0.25, 0.3) is 16.0 Å². The van der Waals surface area contributed by atoms with Gasteiger partial charge in [0.15, 0.2) is 16.6 Å². The minimum absolute atomic E-state index is 0.206. The van der Waals surface area contributed by atoms with E-state index in [1.54, 1.807) is 18.2 Å². The van der Waals surface area contributed by atoms with Crippen LogP contribution >= 0.6 is 11.3 Å². The Hall–Kier alpha value is -4.77. The molecule has 0 spiro atoms. The third-order valence-corrected chi connectivity index (χ3v) is 7.41. The molecule has 1 amide bonds. The number of nitro benzene ring substituents is 1. The van der Waals surface area contributed by atoms with E-state index in [4.69, 9.17) is 9.47 Å². The van der Waals surface area contributed by atoms with Crippen LogP contribution in [0, 0.1) is 17.0 Å². The number of anilines is 1. The van der Waals surface area contributed by atoms with Gasteiger partial charge in [-0.3, -0.25) is 24.6 Å². The number of carbonyl (C=O) groups excluding carboxylic acids is 2. The van der Waals surface area contributed by atoms with Gasteiger partial charge in [0.1, 0.15) is 19.0 Å². The molecule has 190 valence electrons. The number of aliphatic hydroxyl groups excluding tert-OH is 1. The molecule has 4 aromatic rings. The highest BCUT2D eigenvalue weighted by molar-refractivity contribution is 7.22. The number of hydrogen-bond donors (Lipinski definition) is 1. The van der Waals surface area contributed by atoms with Crippen molar-refractivity contribution in [3.8, 4) is 11.5 Å². The lowest BCUT2D eigenvalue weighted by Gasteiger charge is -2.23. The normalized spacial score (nSPS) is 18.2. The van der Waals surface area contributed by atoms with Gasteiger partial charge in [0.25, 0.3) is 11.5 Å². The Morgan fingerprint density at radius 1 is 1.08 bits per heavy atom. The third kappa shape index (κ3) is 3.84. The third-order valence-electron chi connectivity index (χ3n) is 6.40. The van der Waals surface area contributed by atoms with E-state index in [2.05, 4.69) is 4.98 Å². The minimum atomic E-state index is -1.15. The van der Waals surface area contributed by atoms with Gasteiger partial charge in [0.05, 0.1) is 26.8 Å². The van der Waals surface area contributed by atoms with E-state index in [1.165, 1.54) is 40.5 Å². The molecule has 3 heterocycles. The highest BCUT2D eigenvalue weighted by Crippen LogP contribution is 2.45. The zero-order chi connectivity index (χ0) is 26.6. The highest BCUT2D eigenvalue weighted by Gasteiger charge is 2.48. The predicted molar refractivity (Wildman–Crippen MR) is 140 cm³/mol. The molecule has 10 nitrogen and oxygen atoms in total. The van der Waals surface area contributed by atoms with Crippen molar-refractivity contribution in [1.82, 2.24) is 4.98 Å². The number of aliphatic hydroxyl groups is 1. The summed E-state index contributed by atoms with van der Waals surface area (Å²) < 4.78 is 12.0. The standard InChI is InChI=1S/C27H19N3O7S/c1-14-5-7-18-21(11-14)38-27(28-18)29-23(15-3-2-4-17(12-15)30(34)35)22(25(32)26(29)33)24(31)16-6-8-19-20(13-16)37-10-9-36-19/h2-8,11-13,23,31H,9-10H2,1H3/t23-/m1/s1. The molecule has 11 heteroatoms. The van der Waals surface area contributed by atoms with E-state index >= 15 is 0 Å². The van der Waals surface area contributed by atoms with Gasteiger partial charge in [-0.1, -0.05) is 29.5 Å². The number of carbonyl (C=O) groups is 2. The van der Waals surface area contributed by atoms with Crippen molar-refractivity contribution in [2.24, 2.45) is 0 Å². The monoisotopic (exact) mass is 529 g/mol. The number of aromatic nitrogens is 1. The number of aryl methyl sites for hydroxylation is 1. The topological polar surface area (TPSA) is 132 Å². The Kier molecular flexibility index (Phi) is 5.57. The number of amides is 1. The second kappa shape index (κ2) is 8.96. The molecule has 1 aromatic heterocycles. The fourth-order valence-corrected chi connectivity index (χ4v) is 5.71. The van der Waals surface area contributed by atoms with E-state index in [1.807, 2.05) is 25.1 Å². The SMILES string of the molecule is Cc1ccc2nc(N3C(=O)C(=O)C(=C(O)c4ccc5c(c4)OCCO5)[C@H]3c3cccc([N+](=O)[O-])c3)sc2c1. The van der Waals surface area contributed by atoms with E-state index in [0.717, 1.165) is 10.3 Å². The van der Waals surface area contributed by atoms with Gasteiger partial charge < -0.3 is 14.6 Å². The lowest BCUT2D eigenvalue weighted by atomic mass is 9.95. The van der Waals surface area contributed by atoms with Gasteiger partial charge >= 0.3 is 5.91 Å². The summed E-state index contributed by atoms with van der Waals surface area (Å²) in [4.78, 5) is 43.6. The first kappa shape index (κ1) is 23.6. The average molecular weight is 530 g/mol. The van der Waals surface area contributed by atoms with E-state index in [0.29, 0.717) is 30.2 Å². The van der Waals surface area contributed by atoms with Crippen LogP contribution in [0.5, 0.6) is 11.5 Å². The number of benzene rings is 3. The molecule has 1 saturated heterocycles. The Bertz CT molecular complexity index is 1690. The molecular weight excluding hydrogens is 510 g/mol. The molecule has 1 fully saturated rings. The van der Waals surface area contributed by atoms with Crippen molar-refractivity contribution in [1.29, 1.82) is 0 Å². The zero-order valence-corrected chi connectivity index (χ0v) is 20.7. The van der Waals surface area contributed by atoms with Gasteiger partial charge in [0, 0.05) is 17.7 Å². The molecule has 38 heavy (non-hydrogen) atoms. The highest BCUT2D eigenvalue weighted by atomic mass is 32.1. The van der Waals surface area contributed by atoms with E-state index in [9.17, 15) is 24.8 Å². The van der Waals surface area contributed by atoms with Gasteiger partial charge in [-0.15, -0.1) is 0 Å². The predicted octanol–water partition coefficient (Wildman–Crippen LogP) is 4.91. The average Bonchev–Trinajstić information content (AvgIpc) is 3.45. The number of nitrogens with zero attached hydrogens (tertiary/aromatic N) is 3. The molecule has 0 saturated carbocycles. The maximum absolute atomic E-state index is 13.5.